The van der Waals surface area contributed by atoms with Gasteiger partial charge in [0, 0.05) is 12.3 Å². The lowest BCUT2D eigenvalue weighted by molar-refractivity contribution is 0.0985. The van der Waals surface area contributed by atoms with Crippen LogP contribution in [-0.2, 0) is 0 Å². The lowest BCUT2D eigenvalue weighted by Gasteiger charge is -2.12. The van der Waals surface area contributed by atoms with Gasteiger partial charge in [-0.25, -0.2) is 0 Å². The van der Waals surface area contributed by atoms with Crippen molar-refractivity contribution in [3.8, 4) is 17.2 Å². The molecule has 0 amide bonds. The van der Waals surface area contributed by atoms with Crippen molar-refractivity contribution >= 4 is 17.4 Å². The molecule has 0 N–H and O–H groups in total. The molecule has 0 saturated carbocycles. The number of hydrogen-bond donors (Lipinski definition) is 0. The van der Waals surface area contributed by atoms with Gasteiger partial charge >= 0.3 is 0 Å². The molecule has 0 aromatic heterocycles. The average Bonchev–Trinajstić information content (AvgIpc) is 2.55. The highest BCUT2D eigenvalue weighted by atomic mass is 35.5. The number of ether oxygens (including phenoxy) is 2. The monoisotopic (exact) mass is 318 g/mol. The highest BCUT2D eigenvalue weighted by Crippen LogP contribution is 2.29. The zero-order chi connectivity index (χ0) is 15.8. The molecule has 2 rings (SSSR count). The molecule has 0 radical (unpaired) electrons. The summed E-state index contributed by atoms with van der Waals surface area (Å²) in [5.41, 5.74) is 0.516. The van der Waals surface area contributed by atoms with E-state index in [4.69, 9.17) is 21.1 Å². The minimum atomic E-state index is -0.0420. The Kier molecular flexibility index (Phi) is 6.28. The molecular weight excluding hydrogens is 300 g/mol. The Morgan fingerprint density at radius 1 is 1.09 bits per heavy atom. The fraction of sp³-hybridized carbons (Fsp3) is 0.278. The van der Waals surface area contributed by atoms with Crippen molar-refractivity contribution in [3.63, 3.8) is 0 Å². The van der Waals surface area contributed by atoms with Crippen LogP contribution < -0.4 is 9.47 Å². The quantitative estimate of drug-likeness (QED) is 0.503. The largest absolute Gasteiger partial charge is 0.493 e. The first kappa shape index (κ1) is 16.4. The highest BCUT2D eigenvalue weighted by molar-refractivity contribution is 6.19. The Balaban J connectivity index is 2.25. The molecule has 4 heteroatoms. The van der Waals surface area contributed by atoms with Crippen molar-refractivity contribution in [1.29, 1.82) is 0 Å². The van der Waals surface area contributed by atoms with E-state index in [0.29, 0.717) is 23.7 Å². The molecule has 0 bridgehead atoms. The molecule has 116 valence electrons. The number of alkyl halides is 1. The van der Waals surface area contributed by atoms with Crippen LogP contribution in [0.25, 0.3) is 0 Å². The summed E-state index contributed by atoms with van der Waals surface area (Å²) in [6.07, 6.45) is 1.16. The van der Waals surface area contributed by atoms with Gasteiger partial charge in [0.15, 0.2) is 5.78 Å². The van der Waals surface area contributed by atoms with E-state index in [2.05, 4.69) is 0 Å². The van der Waals surface area contributed by atoms with E-state index in [1.165, 1.54) is 0 Å². The average molecular weight is 319 g/mol. The van der Waals surface area contributed by atoms with Crippen LogP contribution in [0, 0.1) is 0 Å². The van der Waals surface area contributed by atoms with Gasteiger partial charge in [0.05, 0.1) is 12.2 Å². The Hall–Kier alpha value is -2.00. The van der Waals surface area contributed by atoms with E-state index < -0.39 is 0 Å². The Labute approximate surface area is 135 Å². The fourth-order valence-corrected chi connectivity index (χ4v) is 2.15. The molecule has 2 aromatic carbocycles. The van der Waals surface area contributed by atoms with Crippen LogP contribution in [0.4, 0.5) is 0 Å². The first-order chi connectivity index (χ1) is 10.7. The normalized spacial score (nSPS) is 10.3. The Morgan fingerprint density at radius 2 is 1.86 bits per heavy atom. The molecule has 0 atom stereocenters. The number of Topliss-reactive ketones (excluding diaryl/α,β-unsaturated/α-hetero) is 1. The summed E-state index contributed by atoms with van der Waals surface area (Å²) >= 11 is 5.68. The number of para-hydroxylation sites is 1. The summed E-state index contributed by atoms with van der Waals surface area (Å²) in [5, 5.41) is 0. The summed E-state index contributed by atoms with van der Waals surface area (Å²) in [6, 6.07) is 14.7. The smallest absolute Gasteiger partial charge is 0.167 e. The van der Waals surface area contributed by atoms with Gasteiger partial charge in [0.1, 0.15) is 17.2 Å². The van der Waals surface area contributed by atoms with Crippen LogP contribution in [0.3, 0.4) is 0 Å². The number of rotatable bonds is 8. The van der Waals surface area contributed by atoms with Crippen LogP contribution in [0.15, 0.2) is 48.5 Å². The molecule has 0 unspecified atom stereocenters. The second kappa shape index (κ2) is 8.44. The lowest BCUT2D eigenvalue weighted by Crippen LogP contribution is -2.05. The number of benzene rings is 2. The zero-order valence-corrected chi connectivity index (χ0v) is 13.3. The SMILES string of the molecule is CCCOc1ccc(Oc2ccccc2)cc1C(=O)CCCl. The second-order valence-corrected chi connectivity index (χ2v) is 5.16. The maximum absolute atomic E-state index is 12.2. The first-order valence-corrected chi connectivity index (χ1v) is 7.87. The molecule has 0 spiro atoms. The van der Waals surface area contributed by atoms with Gasteiger partial charge < -0.3 is 9.47 Å². The van der Waals surface area contributed by atoms with E-state index >= 15 is 0 Å². The van der Waals surface area contributed by atoms with Gasteiger partial charge in [-0.1, -0.05) is 25.1 Å². The third-order valence-corrected chi connectivity index (χ3v) is 3.20. The third kappa shape index (κ3) is 4.50. The molecule has 3 nitrogen and oxygen atoms in total. The maximum atomic E-state index is 12.2. The number of halogens is 1. The van der Waals surface area contributed by atoms with Crippen molar-refractivity contribution in [2.24, 2.45) is 0 Å². The van der Waals surface area contributed by atoms with Crippen LogP contribution >= 0.6 is 11.6 Å². The number of carbonyl (C=O) groups excluding carboxylic acids is 1. The molecular formula is C18H19ClO3. The van der Waals surface area contributed by atoms with Crippen molar-refractivity contribution < 1.29 is 14.3 Å². The lowest BCUT2D eigenvalue weighted by atomic mass is 10.1. The van der Waals surface area contributed by atoms with Crippen molar-refractivity contribution in [3.05, 3.63) is 54.1 Å². The summed E-state index contributed by atoms with van der Waals surface area (Å²) in [5.74, 6) is 2.15. The molecule has 22 heavy (non-hydrogen) atoms. The molecule has 2 aromatic rings. The van der Waals surface area contributed by atoms with Gasteiger partial charge in [-0.3, -0.25) is 4.79 Å². The van der Waals surface area contributed by atoms with Gasteiger partial charge in [0.25, 0.3) is 0 Å². The number of hydrogen-bond acceptors (Lipinski definition) is 3. The van der Waals surface area contributed by atoms with Crippen LogP contribution in [-0.4, -0.2) is 18.3 Å². The van der Waals surface area contributed by atoms with Crippen molar-refractivity contribution in [2.45, 2.75) is 19.8 Å². The topological polar surface area (TPSA) is 35.5 Å². The summed E-state index contributed by atoms with van der Waals surface area (Å²) in [6.45, 7) is 2.59. The zero-order valence-electron chi connectivity index (χ0n) is 12.5. The van der Waals surface area contributed by atoms with Gasteiger partial charge in [-0.05, 0) is 36.8 Å². The van der Waals surface area contributed by atoms with Gasteiger partial charge in [-0.15, -0.1) is 11.6 Å². The van der Waals surface area contributed by atoms with Gasteiger partial charge in [-0.2, -0.15) is 0 Å². The van der Waals surface area contributed by atoms with Crippen LogP contribution in [0.5, 0.6) is 17.2 Å². The van der Waals surface area contributed by atoms with E-state index in [0.717, 1.165) is 12.2 Å². The maximum Gasteiger partial charge on any atom is 0.167 e. The van der Waals surface area contributed by atoms with E-state index in [-0.39, 0.29) is 18.1 Å². The predicted molar refractivity (Wildman–Crippen MR) is 88.4 cm³/mol. The molecule has 0 fully saturated rings. The van der Waals surface area contributed by atoms with Crippen molar-refractivity contribution in [2.75, 3.05) is 12.5 Å². The fourth-order valence-electron chi connectivity index (χ4n) is 1.97. The van der Waals surface area contributed by atoms with E-state index in [9.17, 15) is 4.79 Å². The van der Waals surface area contributed by atoms with Gasteiger partial charge in [0.2, 0.25) is 0 Å². The number of ketones is 1. The Morgan fingerprint density at radius 3 is 2.55 bits per heavy atom. The third-order valence-electron chi connectivity index (χ3n) is 3.01. The first-order valence-electron chi connectivity index (χ1n) is 7.33. The standard InChI is InChI=1S/C18H19ClO3/c1-2-12-21-18-9-8-15(13-16(18)17(20)10-11-19)22-14-6-4-3-5-7-14/h3-9,13H,2,10-12H2,1H3. The van der Waals surface area contributed by atoms with Crippen LogP contribution in [0.1, 0.15) is 30.1 Å². The predicted octanol–water partition coefficient (Wildman–Crippen LogP) is 5.08. The summed E-state index contributed by atoms with van der Waals surface area (Å²) in [7, 11) is 0. The molecule has 0 aliphatic carbocycles. The minimum Gasteiger partial charge on any atom is -0.493 e. The minimum absolute atomic E-state index is 0.0420. The summed E-state index contributed by atoms with van der Waals surface area (Å²) < 4.78 is 11.4. The molecule has 0 heterocycles. The van der Waals surface area contributed by atoms with Crippen molar-refractivity contribution in [1.82, 2.24) is 0 Å². The molecule has 0 aliphatic heterocycles. The Bertz CT molecular complexity index is 611. The highest BCUT2D eigenvalue weighted by Gasteiger charge is 2.14. The molecule has 0 saturated heterocycles. The number of carbonyl (C=O) groups is 1. The second-order valence-electron chi connectivity index (χ2n) is 4.78. The summed E-state index contributed by atoms with van der Waals surface area (Å²) in [4.78, 5) is 12.2. The van der Waals surface area contributed by atoms with E-state index in [1.807, 2.05) is 37.3 Å². The molecule has 0 aliphatic rings. The van der Waals surface area contributed by atoms with Crippen LogP contribution in [0.2, 0.25) is 0 Å². The van der Waals surface area contributed by atoms with E-state index in [1.54, 1.807) is 18.2 Å².